The van der Waals surface area contributed by atoms with Crippen LogP contribution in [0.3, 0.4) is 0 Å². The van der Waals surface area contributed by atoms with E-state index >= 15 is 0 Å². The van der Waals surface area contributed by atoms with Crippen LogP contribution in [0.1, 0.15) is 47.6 Å². The van der Waals surface area contributed by atoms with Crippen LogP contribution in [0.25, 0.3) is 44.5 Å². The quantitative estimate of drug-likeness (QED) is 0.214. The minimum Gasteiger partial charge on any atom is -0.307 e. The molecule has 210 valence electrons. The first-order valence-corrected chi connectivity index (χ1v) is 15.5. The molecule has 0 fully saturated rings. The first kappa shape index (κ1) is 25.2. The molecule has 9 rings (SSSR count). The van der Waals surface area contributed by atoms with E-state index in [0.29, 0.717) is 0 Å². The topological polar surface area (TPSA) is 30.2 Å². The van der Waals surface area contributed by atoms with Gasteiger partial charge in [-0.15, -0.1) is 0 Å². The van der Waals surface area contributed by atoms with Crippen LogP contribution < -0.4 is 0 Å². The molecule has 3 heterocycles. The Kier molecular flexibility index (Phi) is 5.52. The molecule has 3 aliphatic carbocycles. The lowest BCUT2D eigenvalue weighted by atomic mass is 9.59. The predicted molar refractivity (Wildman–Crippen MR) is 181 cm³/mol. The van der Waals surface area contributed by atoms with Crippen molar-refractivity contribution in [1.29, 1.82) is 0 Å². The first-order chi connectivity index (χ1) is 21.7. The van der Waals surface area contributed by atoms with Gasteiger partial charge in [-0.05, 0) is 52.4 Å². The number of hydrogen-bond donors (Lipinski definition) is 0. The molecule has 3 nitrogen and oxygen atoms in total. The summed E-state index contributed by atoms with van der Waals surface area (Å²) < 4.78 is 2.10. The fourth-order valence-electron chi connectivity index (χ4n) is 7.67. The molecule has 3 atom stereocenters. The van der Waals surface area contributed by atoms with Gasteiger partial charge < -0.3 is 4.40 Å². The van der Waals surface area contributed by atoms with E-state index in [9.17, 15) is 0 Å². The Morgan fingerprint density at radius 2 is 1.64 bits per heavy atom. The van der Waals surface area contributed by atoms with Crippen molar-refractivity contribution in [3.63, 3.8) is 0 Å². The van der Waals surface area contributed by atoms with E-state index in [4.69, 9.17) is 9.97 Å². The SMILES string of the molecule is CC12C=CC=CC1c1ccccc1-c1c(-c3ccc(C4=CC(c5cn6ccccc6n5)CC=C4)cc3)nc3ccccc3c12. The van der Waals surface area contributed by atoms with Crippen LogP contribution in [0.5, 0.6) is 0 Å². The fraction of sp³-hybridized carbons (Fsp3) is 0.122. The number of pyridine rings is 2. The number of hydrogen-bond acceptors (Lipinski definition) is 2. The van der Waals surface area contributed by atoms with Crippen molar-refractivity contribution in [1.82, 2.24) is 14.4 Å². The molecule has 3 unspecified atom stereocenters. The molecule has 0 aliphatic heterocycles. The summed E-state index contributed by atoms with van der Waals surface area (Å²) >= 11 is 0. The molecule has 3 heteroatoms. The maximum atomic E-state index is 5.36. The van der Waals surface area contributed by atoms with Gasteiger partial charge >= 0.3 is 0 Å². The Morgan fingerprint density at radius 3 is 2.55 bits per heavy atom. The highest BCUT2D eigenvalue weighted by atomic mass is 15.0. The zero-order valence-electron chi connectivity index (χ0n) is 24.6. The third-order valence-corrected chi connectivity index (χ3v) is 9.82. The number of imidazole rings is 1. The number of allylic oxidation sites excluding steroid dienone is 8. The van der Waals surface area contributed by atoms with E-state index in [2.05, 4.69) is 145 Å². The smallest absolute Gasteiger partial charge is 0.136 e. The molecular weight excluding hydrogens is 534 g/mol. The monoisotopic (exact) mass is 565 g/mol. The molecule has 6 aromatic rings. The van der Waals surface area contributed by atoms with Crippen molar-refractivity contribution in [3.05, 3.63) is 168 Å². The molecule has 0 bridgehead atoms. The molecule has 3 aliphatic rings. The second-order valence-corrected chi connectivity index (χ2v) is 12.4. The summed E-state index contributed by atoms with van der Waals surface area (Å²) in [4.78, 5) is 10.3. The Hall–Kier alpha value is -5.28. The molecule has 0 saturated carbocycles. The molecule has 3 aromatic carbocycles. The summed E-state index contributed by atoms with van der Waals surface area (Å²) in [5.41, 5.74) is 12.9. The number of nitrogens with zero attached hydrogens (tertiary/aromatic N) is 3. The number of benzene rings is 3. The van der Waals surface area contributed by atoms with E-state index < -0.39 is 0 Å². The Labute approximate surface area is 257 Å². The van der Waals surface area contributed by atoms with E-state index in [1.165, 1.54) is 38.8 Å². The highest BCUT2D eigenvalue weighted by Crippen LogP contribution is 2.56. The number of para-hydroxylation sites is 1. The molecule has 0 N–H and O–H groups in total. The largest absolute Gasteiger partial charge is 0.307 e. The average Bonchev–Trinajstić information content (AvgIpc) is 3.52. The van der Waals surface area contributed by atoms with Crippen molar-refractivity contribution in [3.8, 4) is 22.4 Å². The third kappa shape index (κ3) is 3.75. The Balaban J connectivity index is 1.18. The van der Waals surface area contributed by atoms with Crippen molar-refractivity contribution in [2.45, 2.75) is 30.6 Å². The molecule has 0 radical (unpaired) electrons. The van der Waals surface area contributed by atoms with Crippen molar-refractivity contribution >= 4 is 22.1 Å². The fourth-order valence-corrected chi connectivity index (χ4v) is 7.67. The summed E-state index contributed by atoms with van der Waals surface area (Å²) in [6, 6.07) is 32.7. The van der Waals surface area contributed by atoms with Gasteiger partial charge in [0.15, 0.2) is 0 Å². The molecule has 0 saturated heterocycles. The van der Waals surface area contributed by atoms with E-state index in [0.717, 1.165) is 34.5 Å². The van der Waals surface area contributed by atoms with E-state index in [1.807, 2.05) is 12.1 Å². The second-order valence-electron chi connectivity index (χ2n) is 12.4. The summed E-state index contributed by atoms with van der Waals surface area (Å²) in [6.45, 7) is 2.40. The van der Waals surface area contributed by atoms with Gasteiger partial charge in [0.1, 0.15) is 5.65 Å². The molecular formula is C41H31N3. The molecule has 44 heavy (non-hydrogen) atoms. The van der Waals surface area contributed by atoms with Crippen LogP contribution >= 0.6 is 0 Å². The highest BCUT2D eigenvalue weighted by molar-refractivity contribution is 6.00. The summed E-state index contributed by atoms with van der Waals surface area (Å²) in [6.07, 6.45) is 21.3. The third-order valence-electron chi connectivity index (χ3n) is 9.82. The Morgan fingerprint density at radius 1 is 0.818 bits per heavy atom. The highest BCUT2D eigenvalue weighted by Gasteiger charge is 2.43. The zero-order valence-corrected chi connectivity index (χ0v) is 24.6. The van der Waals surface area contributed by atoms with Gasteiger partial charge in [0.05, 0.1) is 16.9 Å². The minimum atomic E-state index is -0.166. The van der Waals surface area contributed by atoms with Gasteiger partial charge in [0, 0.05) is 46.2 Å². The number of aromatic nitrogens is 3. The maximum absolute atomic E-state index is 5.36. The van der Waals surface area contributed by atoms with Gasteiger partial charge in [0.25, 0.3) is 0 Å². The number of rotatable bonds is 3. The van der Waals surface area contributed by atoms with Crippen molar-refractivity contribution < 1.29 is 0 Å². The lowest BCUT2D eigenvalue weighted by molar-refractivity contribution is 0.523. The van der Waals surface area contributed by atoms with Crippen LogP contribution in [0.15, 0.2) is 146 Å². The maximum Gasteiger partial charge on any atom is 0.136 e. The summed E-state index contributed by atoms with van der Waals surface area (Å²) in [5.74, 6) is 0.537. The van der Waals surface area contributed by atoms with E-state index in [-0.39, 0.29) is 17.3 Å². The van der Waals surface area contributed by atoms with Crippen LogP contribution in [-0.4, -0.2) is 14.4 Å². The predicted octanol–water partition coefficient (Wildman–Crippen LogP) is 9.82. The molecule has 0 spiro atoms. The Bertz CT molecular complexity index is 2190. The van der Waals surface area contributed by atoms with Crippen LogP contribution in [0.2, 0.25) is 0 Å². The lowest BCUT2D eigenvalue weighted by Gasteiger charge is -2.43. The van der Waals surface area contributed by atoms with Gasteiger partial charge in [-0.1, -0.05) is 122 Å². The normalized spacial score (nSPS) is 21.6. The van der Waals surface area contributed by atoms with Crippen molar-refractivity contribution in [2.24, 2.45) is 0 Å². The first-order valence-electron chi connectivity index (χ1n) is 15.5. The minimum absolute atomic E-state index is 0.166. The molecule has 3 aromatic heterocycles. The van der Waals surface area contributed by atoms with Crippen molar-refractivity contribution in [2.75, 3.05) is 0 Å². The van der Waals surface area contributed by atoms with Crippen LogP contribution in [0.4, 0.5) is 0 Å². The number of fused-ring (bicyclic) bond motifs is 9. The van der Waals surface area contributed by atoms with E-state index in [1.54, 1.807) is 0 Å². The summed E-state index contributed by atoms with van der Waals surface area (Å²) in [5, 5.41) is 1.24. The molecule has 0 amide bonds. The van der Waals surface area contributed by atoms with Gasteiger partial charge in [0.2, 0.25) is 0 Å². The standard InChI is InChI=1S/C41H31N3/c1-41-23-8-6-16-34(41)31-13-2-3-14-32(31)38-39(41)33-15-4-5-17-35(33)43-40(38)28-21-19-27(20-22-28)29-11-10-12-30(25-29)36-26-44-24-9-7-18-37(44)42-36/h2-11,13-26,30,34H,12H2,1H3. The second kappa shape index (κ2) is 9.62. The van der Waals surface area contributed by atoms with Crippen LogP contribution in [0, 0.1) is 0 Å². The van der Waals surface area contributed by atoms with Gasteiger partial charge in [-0.3, -0.25) is 0 Å². The zero-order chi connectivity index (χ0) is 29.3. The average molecular weight is 566 g/mol. The summed E-state index contributed by atoms with van der Waals surface area (Å²) in [7, 11) is 0. The van der Waals surface area contributed by atoms with Gasteiger partial charge in [-0.25, -0.2) is 9.97 Å². The van der Waals surface area contributed by atoms with Gasteiger partial charge in [-0.2, -0.15) is 0 Å². The lowest BCUT2D eigenvalue weighted by Crippen LogP contribution is -2.33. The van der Waals surface area contributed by atoms with Crippen LogP contribution in [-0.2, 0) is 5.41 Å².